The van der Waals surface area contributed by atoms with Gasteiger partial charge in [-0.2, -0.15) is 0 Å². The van der Waals surface area contributed by atoms with Gasteiger partial charge >= 0.3 is 0 Å². The van der Waals surface area contributed by atoms with Crippen LogP contribution < -0.4 is 0 Å². The second kappa shape index (κ2) is 4.70. The summed E-state index contributed by atoms with van der Waals surface area (Å²) in [5.74, 6) is 0.332. The van der Waals surface area contributed by atoms with Gasteiger partial charge in [0.2, 0.25) is 0 Å². The van der Waals surface area contributed by atoms with Crippen LogP contribution in [0.2, 0.25) is 0 Å². The van der Waals surface area contributed by atoms with Crippen LogP contribution in [0.25, 0.3) is 0 Å². The number of hydrogen-bond acceptors (Lipinski definition) is 1. The van der Waals surface area contributed by atoms with Crippen LogP contribution in [0.5, 0.6) is 0 Å². The predicted molar refractivity (Wildman–Crippen MR) is 69.9 cm³/mol. The molecule has 2 heteroatoms. The maximum Gasteiger partial charge on any atom is 0.140 e. The summed E-state index contributed by atoms with van der Waals surface area (Å²) in [6.45, 7) is 1.75. The highest BCUT2D eigenvalue weighted by atomic mass is 79.9. The van der Waals surface area contributed by atoms with Crippen LogP contribution in [0, 0.1) is 0 Å². The summed E-state index contributed by atoms with van der Waals surface area (Å²) in [4.78, 5) is 12.0. The van der Waals surface area contributed by atoms with E-state index in [1.54, 1.807) is 6.92 Å². The molecule has 1 fully saturated rings. The Hall–Kier alpha value is -0.630. The van der Waals surface area contributed by atoms with Gasteiger partial charge in [0.15, 0.2) is 0 Å². The van der Waals surface area contributed by atoms with Crippen LogP contribution in [-0.2, 0) is 15.5 Å². The molecule has 0 atom stereocenters. The Morgan fingerprint density at radius 2 is 1.94 bits per heavy atom. The fraction of sp³-hybridized carbons (Fsp3) is 0.500. The molecular weight excluding hydrogens is 264 g/mol. The van der Waals surface area contributed by atoms with Crippen LogP contribution in [0.4, 0.5) is 0 Å². The van der Waals surface area contributed by atoms with Gasteiger partial charge in [0.05, 0.1) is 5.41 Å². The van der Waals surface area contributed by atoms with Gasteiger partial charge < -0.3 is 0 Å². The van der Waals surface area contributed by atoms with E-state index in [1.165, 1.54) is 24.0 Å². The Balaban J connectivity index is 2.51. The summed E-state index contributed by atoms with van der Waals surface area (Å²) in [7, 11) is 0. The molecule has 0 aromatic heterocycles. The van der Waals surface area contributed by atoms with Gasteiger partial charge in [-0.15, -0.1) is 0 Å². The number of ketones is 1. The topological polar surface area (TPSA) is 17.1 Å². The number of carbonyl (C=O) groups excluding carboxylic acids is 1. The van der Waals surface area contributed by atoms with E-state index in [0.717, 1.165) is 18.2 Å². The van der Waals surface area contributed by atoms with E-state index in [2.05, 4.69) is 28.1 Å². The summed E-state index contributed by atoms with van der Waals surface area (Å²) in [6.07, 6.45) is 4.39. The number of hydrogen-bond donors (Lipinski definition) is 0. The first-order valence-electron chi connectivity index (χ1n) is 5.86. The molecule has 0 unspecified atom stereocenters. The molecular formula is C14H17BrO. The van der Waals surface area contributed by atoms with Gasteiger partial charge in [0.1, 0.15) is 5.78 Å². The van der Waals surface area contributed by atoms with E-state index in [4.69, 9.17) is 0 Å². The second-order valence-corrected chi connectivity index (χ2v) is 5.20. The van der Waals surface area contributed by atoms with E-state index in [9.17, 15) is 4.79 Å². The molecule has 0 saturated heterocycles. The Morgan fingerprint density at radius 3 is 2.50 bits per heavy atom. The number of benzene rings is 1. The van der Waals surface area contributed by atoms with Crippen molar-refractivity contribution in [2.24, 2.45) is 0 Å². The SMILES string of the molecule is CC(=O)C1(c2ccccc2CBr)CCCC1. The molecule has 0 aliphatic heterocycles. The van der Waals surface area contributed by atoms with E-state index in [-0.39, 0.29) is 5.41 Å². The van der Waals surface area contributed by atoms with Gasteiger partial charge in [-0.05, 0) is 30.9 Å². The Morgan fingerprint density at radius 1 is 1.31 bits per heavy atom. The summed E-state index contributed by atoms with van der Waals surface area (Å²) < 4.78 is 0. The van der Waals surface area contributed by atoms with Crippen LogP contribution in [-0.4, -0.2) is 5.78 Å². The van der Waals surface area contributed by atoms with Crippen molar-refractivity contribution in [3.63, 3.8) is 0 Å². The normalized spacial score (nSPS) is 18.6. The highest BCUT2D eigenvalue weighted by Gasteiger charge is 2.40. The lowest BCUT2D eigenvalue weighted by atomic mass is 9.74. The van der Waals surface area contributed by atoms with Gasteiger partial charge in [-0.3, -0.25) is 4.79 Å². The fourth-order valence-corrected chi connectivity index (χ4v) is 3.38. The maximum atomic E-state index is 12.0. The highest BCUT2D eigenvalue weighted by molar-refractivity contribution is 9.08. The third-order valence-electron chi connectivity index (χ3n) is 3.81. The molecule has 1 aromatic rings. The zero-order chi connectivity index (χ0) is 11.6. The predicted octanol–water partition coefficient (Wildman–Crippen LogP) is 3.98. The first kappa shape index (κ1) is 11.8. The van der Waals surface area contributed by atoms with E-state index in [0.29, 0.717) is 5.78 Å². The quantitative estimate of drug-likeness (QED) is 0.766. The molecule has 16 heavy (non-hydrogen) atoms. The van der Waals surface area contributed by atoms with E-state index < -0.39 is 0 Å². The molecule has 0 radical (unpaired) electrons. The van der Waals surface area contributed by atoms with Crippen LogP contribution in [0.15, 0.2) is 24.3 Å². The number of carbonyl (C=O) groups is 1. The minimum atomic E-state index is -0.190. The monoisotopic (exact) mass is 280 g/mol. The van der Waals surface area contributed by atoms with Gasteiger partial charge in [0, 0.05) is 5.33 Å². The standard InChI is InChI=1S/C14H17BrO/c1-11(16)14(8-4-5-9-14)13-7-3-2-6-12(13)10-15/h2-3,6-7H,4-5,8-10H2,1H3. The lowest BCUT2D eigenvalue weighted by Crippen LogP contribution is -2.31. The maximum absolute atomic E-state index is 12.0. The van der Waals surface area contributed by atoms with E-state index in [1.807, 2.05) is 12.1 Å². The average Bonchev–Trinajstić information content (AvgIpc) is 2.79. The number of halogens is 1. The second-order valence-electron chi connectivity index (χ2n) is 4.64. The molecule has 1 nitrogen and oxygen atoms in total. The van der Waals surface area contributed by atoms with Gasteiger partial charge in [0.25, 0.3) is 0 Å². The molecule has 0 amide bonds. The Bertz CT molecular complexity index is 391. The van der Waals surface area contributed by atoms with Crippen molar-refractivity contribution in [1.82, 2.24) is 0 Å². The third-order valence-corrected chi connectivity index (χ3v) is 4.41. The molecule has 1 aromatic carbocycles. The average molecular weight is 281 g/mol. The van der Waals surface area contributed by atoms with Gasteiger partial charge in [-0.25, -0.2) is 0 Å². The van der Waals surface area contributed by atoms with Crippen molar-refractivity contribution in [2.45, 2.75) is 43.4 Å². The largest absolute Gasteiger partial charge is 0.299 e. The number of Topliss-reactive ketones (excluding diaryl/α,β-unsaturated/α-hetero) is 1. The molecule has 1 aliphatic carbocycles. The van der Waals surface area contributed by atoms with Crippen LogP contribution in [0.1, 0.15) is 43.7 Å². The third kappa shape index (κ3) is 1.84. The summed E-state index contributed by atoms with van der Waals surface area (Å²) in [5.41, 5.74) is 2.32. The van der Waals surface area contributed by atoms with Crippen molar-refractivity contribution in [3.05, 3.63) is 35.4 Å². The number of rotatable bonds is 3. The lowest BCUT2D eigenvalue weighted by molar-refractivity contribution is -0.122. The molecule has 0 bridgehead atoms. The number of alkyl halides is 1. The molecule has 0 spiro atoms. The zero-order valence-corrected chi connectivity index (χ0v) is 11.2. The smallest absolute Gasteiger partial charge is 0.140 e. The van der Waals surface area contributed by atoms with Crippen molar-refractivity contribution in [3.8, 4) is 0 Å². The highest BCUT2D eigenvalue weighted by Crippen LogP contribution is 2.43. The Kier molecular flexibility index (Phi) is 3.48. The van der Waals surface area contributed by atoms with Crippen molar-refractivity contribution < 1.29 is 4.79 Å². The summed E-state index contributed by atoms with van der Waals surface area (Å²) in [6, 6.07) is 8.34. The van der Waals surface area contributed by atoms with Crippen molar-refractivity contribution in [1.29, 1.82) is 0 Å². The first-order chi connectivity index (χ1) is 7.70. The lowest BCUT2D eigenvalue weighted by Gasteiger charge is -2.28. The molecule has 1 aliphatic rings. The van der Waals surface area contributed by atoms with Crippen LogP contribution >= 0.6 is 15.9 Å². The Labute approximate surface area is 105 Å². The molecule has 0 N–H and O–H groups in total. The first-order valence-corrected chi connectivity index (χ1v) is 6.98. The molecule has 2 rings (SSSR count). The molecule has 1 saturated carbocycles. The van der Waals surface area contributed by atoms with Crippen molar-refractivity contribution in [2.75, 3.05) is 0 Å². The molecule has 0 heterocycles. The van der Waals surface area contributed by atoms with Gasteiger partial charge in [-0.1, -0.05) is 53.0 Å². The minimum Gasteiger partial charge on any atom is -0.299 e. The minimum absolute atomic E-state index is 0.190. The summed E-state index contributed by atoms with van der Waals surface area (Å²) >= 11 is 3.52. The van der Waals surface area contributed by atoms with Crippen molar-refractivity contribution >= 4 is 21.7 Å². The molecule has 86 valence electrons. The fourth-order valence-electron chi connectivity index (χ4n) is 2.89. The van der Waals surface area contributed by atoms with E-state index >= 15 is 0 Å². The summed E-state index contributed by atoms with van der Waals surface area (Å²) in [5, 5.41) is 0.832. The van der Waals surface area contributed by atoms with Crippen LogP contribution in [0.3, 0.4) is 0 Å². The zero-order valence-electron chi connectivity index (χ0n) is 9.63.